The van der Waals surface area contributed by atoms with Gasteiger partial charge in [0.15, 0.2) is 17.3 Å². The van der Waals surface area contributed by atoms with Gasteiger partial charge in [-0.2, -0.15) is 0 Å². The van der Waals surface area contributed by atoms with Gasteiger partial charge in [0.2, 0.25) is 0 Å². The van der Waals surface area contributed by atoms with E-state index in [1.807, 2.05) is 0 Å². The average Bonchev–Trinajstić information content (AvgIpc) is 2.50. The summed E-state index contributed by atoms with van der Waals surface area (Å²) in [5.74, 6) is -0.983. The molecular weight excluding hydrogens is 278 g/mol. The Labute approximate surface area is 120 Å². The van der Waals surface area contributed by atoms with Gasteiger partial charge in [-0.25, -0.2) is 8.78 Å². The van der Waals surface area contributed by atoms with E-state index in [4.69, 9.17) is 9.47 Å². The molecule has 0 fully saturated rings. The number of carbonyl (C=O) groups excluding carboxylic acids is 1. The van der Waals surface area contributed by atoms with Crippen molar-refractivity contribution in [2.45, 2.75) is 6.92 Å². The predicted octanol–water partition coefficient (Wildman–Crippen LogP) is 3.28. The molecule has 0 radical (unpaired) electrons. The Morgan fingerprint density at radius 1 is 1.00 bits per heavy atom. The van der Waals surface area contributed by atoms with Gasteiger partial charge >= 0.3 is 0 Å². The third-order valence-electron chi connectivity index (χ3n) is 3.30. The summed E-state index contributed by atoms with van der Waals surface area (Å²) in [6.07, 6.45) is 0. The lowest BCUT2D eigenvalue weighted by atomic mass is 10.0. The number of benzene rings is 2. The van der Waals surface area contributed by atoms with Crippen molar-refractivity contribution in [2.75, 3.05) is 13.2 Å². The standard InChI is InChI=1S/C16H12F2O3/c1-9-6-13(18)11(8-12(9)17)16(19)10-2-3-14-15(7-10)21-5-4-20-14/h2-3,6-8H,4-5H2,1H3. The fourth-order valence-electron chi connectivity index (χ4n) is 2.16. The number of carbonyl (C=O) groups is 1. The van der Waals surface area contributed by atoms with E-state index in [0.717, 1.165) is 12.1 Å². The van der Waals surface area contributed by atoms with Crippen LogP contribution < -0.4 is 9.47 Å². The van der Waals surface area contributed by atoms with Crippen LogP contribution in [0.15, 0.2) is 30.3 Å². The minimum atomic E-state index is -0.742. The van der Waals surface area contributed by atoms with E-state index >= 15 is 0 Å². The van der Waals surface area contributed by atoms with Gasteiger partial charge in [-0.15, -0.1) is 0 Å². The number of hydrogen-bond donors (Lipinski definition) is 0. The van der Waals surface area contributed by atoms with Gasteiger partial charge in [0.25, 0.3) is 0 Å². The maximum Gasteiger partial charge on any atom is 0.196 e. The minimum Gasteiger partial charge on any atom is -0.486 e. The number of fused-ring (bicyclic) bond motifs is 1. The molecule has 0 saturated heterocycles. The third kappa shape index (κ3) is 2.46. The Morgan fingerprint density at radius 3 is 2.48 bits per heavy atom. The van der Waals surface area contributed by atoms with Crippen molar-refractivity contribution < 1.29 is 23.0 Å². The predicted molar refractivity (Wildman–Crippen MR) is 72.0 cm³/mol. The fourth-order valence-corrected chi connectivity index (χ4v) is 2.16. The third-order valence-corrected chi connectivity index (χ3v) is 3.30. The van der Waals surface area contributed by atoms with E-state index < -0.39 is 17.4 Å². The van der Waals surface area contributed by atoms with Crippen molar-refractivity contribution >= 4 is 5.78 Å². The maximum absolute atomic E-state index is 13.9. The van der Waals surface area contributed by atoms with Crippen LogP contribution in [-0.4, -0.2) is 19.0 Å². The average molecular weight is 290 g/mol. The van der Waals surface area contributed by atoms with Crippen LogP contribution in [-0.2, 0) is 0 Å². The Kier molecular flexibility index (Phi) is 3.33. The summed E-state index contributed by atoms with van der Waals surface area (Å²) in [7, 11) is 0. The van der Waals surface area contributed by atoms with Gasteiger partial charge in [-0.05, 0) is 42.8 Å². The second-order valence-corrected chi connectivity index (χ2v) is 4.77. The highest BCUT2D eigenvalue weighted by Gasteiger charge is 2.19. The van der Waals surface area contributed by atoms with E-state index in [1.165, 1.54) is 19.1 Å². The summed E-state index contributed by atoms with van der Waals surface area (Å²) < 4.78 is 38.1. The first-order chi connectivity index (χ1) is 10.1. The second kappa shape index (κ2) is 5.16. The second-order valence-electron chi connectivity index (χ2n) is 4.77. The van der Waals surface area contributed by atoms with E-state index in [2.05, 4.69) is 0 Å². The van der Waals surface area contributed by atoms with Crippen molar-refractivity contribution in [3.05, 3.63) is 58.7 Å². The molecule has 2 aromatic carbocycles. The highest BCUT2D eigenvalue weighted by Crippen LogP contribution is 2.31. The van der Waals surface area contributed by atoms with Gasteiger partial charge in [0.05, 0.1) is 5.56 Å². The van der Waals surface area contributed by atoms with Crippen LogP contribution in [0, 0.1) is 18.6 Å². The van der Waals surface area contributed by atoms with Crippen LogP contribution in [0.25, 0.3) is 0 Å². The first-order valence-electron chi connectivity index (χ1n) is 6.46. The maximum atomic E-state index is 13.9. The molecule has 3 rings (SSSR count). The highest BCUT2D eigenvalue weighted by molar-refractivity contribution is 6.09. The molecule has 1 aliphatic rings. The topological polar surface area (TPSA) is 35.5 Å². The molecule has 108 valence electrons. The molecule has 21 heavy (non-hydrogen) atoms. The lowest BCUT2D eigenvalue weighted by molar-refractivity contribution is 0.103. The molecule has 3 nitrogen and oxygen atoms in total. The van der Waals surface area contributed by atoms with E-state index in [-0.39, 0.29) is 16.7 Å². The summed E-state index contributed by atoms with van der Waals surface area (Å²) >= 11 is 0. The Morgan fingerprint density at radius 2 is 1.71 bits per heavy atom. The number of hydrogen-bond acceptors (Lipinski definition) is 3. The molecule has 2 aromatic rings. The summed E-state index contributed by atoms with van der Waals surface area (Å²) in [6, 6.07) is 6.51. The molecular formula is C16H12F2O3. The number of ketones is 1. The summed E-state index contributed by atoms with van der Waals surface area (Å²) in [5.41, 5.74) is 0.0856. The van der Waals surface area contributed by atoms with Crippen molar-refractivity contribution in [1.82, 2.24) is 0 Å². The Bertz CT molecular complexity index is 726. The molecule has 5 heteroatoms. The van der Waals surface area contributed by atoms with Gasteiger partial charge in [0.1, 0.15) is 24.8 Å². The SMILES string of the molecule is Cc1cc(F)c(C(=O)c2ccc3c(c2)OCCO3)cc1F. The number of aryl methyl sites for hydroxylation is 1. The smallest absolute Gasteiger partial charge is 0.196 e. The zero-order chi connectivity index (χ0) is 15.0. The molecule has 0 bridgehead atoms. The van der Waals surface area contributed by atoms with Crippen LogP contribution in [0.5, 0.6) is 11.5 Å². The quantitative estimate of drug-likeness (QED) is 0.796. The van der Waals surface area contributed by atoms with Crippen molar-refractivity contribution in [2.24, 2.45) is 0 Å². The molecule has 0 aliphatic carbocycles. The van der Waals surface area contributed by atoms with E-state index in [1.54, 1.807) is 6.07 Å². The molecule has 1 heterocycles. The van der Waals surface area contributed by atoms with Crippen molar-refractivity contribution in [1.29, 1.82) is 0 Å². The zero-order valence-corrected chi connectivity index (χ0v) is 11.3. The van der Waals surface area contributed by atoms with Gasteiger partial charge in [0, 0.05) is 5.56 Å². The molecule has 1 aliphatic heterocycles. The number of halogens is 2. The first-order valence-corrected chi connectivity index (χ1v) is 6.46. The first kappa shape index (κ1) is 13.5. The van der Waals surface area contributed by atoms with Crippen LogP contribution in [0.3, 0.4) is 0 Å². The fraction of sp³-hybridized carbons (Fsp3) is 0.188. The van der Waals surface area contributed by atoms with Gasteiger partial charge in [-0.3, -0.25) is 4.79 Å². The lowest BCUT2D eigenvalue weighted by Gasteiger charge is -2.18. The van der Waals surface area contributed by atoms with Crippen LogP contribution in [0.4, 0.5) is 8.78 Å². The number of rotatable bonds is 2. The number of ether oxygens (including phenoxy) is 2. The highest BCUT2D eigenvalue weighted by atomic mass is 19.1. The molecule has 0 N–H and O–H groups in total. The molecule has 0 spiro atoms. The van der Waals surface area contributed by atoms with E-state index in [9.17, 15) is 13.6 Å². The monoisotopic (exact) mass is 290 g/mol. The zero-order valence-electron chi connectivity index (χ0n) is 11.3. The van der Waals surface area contributed by atoms with Crippen LogP contribution >= 0.6 is 0 Å². The summed E-state index contributed by atoms with van der Waals surface area (Å²) in [6.45, 7) is 2.27. The van der Waals surface area contributed by atoms with Gasteiger partial charge in [-0.1, -0.05) is 0 Å². The molecule has 0 unspecified atom stereocenters. The summed E-state index contributed by atoms with van der Waals surface area (Å²) in [4.78, 5) is 12.3. The molecule has 0 aromatic heterocycles. The van der Waals surface area contributed by atoms with Crippen molar-refractivity contribution in [3.63, 3.8) is 0 Å². The Hall–Kier alpha value is -2.43. The largest absolute Gasteiger partial charge is 0.486 e. The summed E-state index contributed by atoms with van der Waals surface area (Å²) in [5, 5.41) is 0. The lowest BCUT2D eigenvalue weighted by Crippen LogP contribution is -2.16. The van der Waals surface area contributed by atoms with Crippen molar-refractivity contribution in [3.8, 4) is 11.5 Å². The molecule has 0 amide bonds. The normalized spacial score (nSPS) is 13.1. The van der Waals surface area contributed by atoms with E-state index in [0.29, 0.717) is 24.7 Å². The Balaban J connectivity index is 2.01. The minimum absolute atomic E-state index is 0.159. The molecule has 0 saturated carbocycles. The van der Waals surface area contributed by atoms with Crippen LogP contribution in [0.2, 0.25) is 0 Å². The van der Waals surface area contributed by atoms with Crippen LogP contribution in [0.1, 0.15) is 21.5 Å². The van der Waals surface area contributed by atoms with Gasteiger partial charge < -0.3 is 9.47 Å². The molecule has 0 atom stereocenters.